The first kappa shape index (κ1) is 12.0. The topological polar surface area (TPSA) is 91.1 Å². The number of carbonyl (C=O) groups is 2. The lowest BCUT2D eigenvalue weighted by molar-refractivity contribution is -0.109. The summed E-state index contributed by atoms with van der Waals surface area (Å²) in [6.07, 6.45) is 2.68. The van der Waals surface area contributed by atoms with Crippen molar-refractivity contribution in [3.63, 3.8) is 0 Å². The van der Waals surface area contributed by atoms with Gasteiger partial charge in [0.25, 0.3) is 5.91 Å². The maximum atomic E-state index is 11.5. The Kier molecular flexibility index (Phi) is 4.78. The molecule has 86 valence electrons. The van der Waals surface area contributed by atoms with Crippen LogP contribution in [0.25, 0.3) is 0 Å². The van der Waals surface area contributed by atoms with E-state index in [1.807, 2.05) is 0 Å². The van der Waals surface area contributed by atoms with Crippen molar-refractivity contribution in [2.45, 2.75) is 6.42 Å². The Morgan fingerprint density at radius 3 is 2.94 bits per heavy atom. The van der Waals surface area contributed by atoms with Crippen LogP contribution in [0, 0.1) is 0 Å². The van der Waals surface area contributed by atoms with Crippen LogP contribution in [0.1, 0.15) is 16.8 Å². The molecule has 0 unspecified atom stereocenters. The zero-order chi connectivity index (χ0) is 11.8. The number of amides is 2. The monoisotopic (exact) mass is 223 g/mol. The maximum absolute atomic E-state index is 11.5. The van der Waals surface area contributed by atoms with Gasteiger partial charge in [-0.05, 0) is 12.5 Å². The molecule has 0 saturated carbocycles. The third-order valence-electron chi connectivity index (χ3n) is 1.90. The molecule has 2 amide bonds. The lowest BCUT2D eigenvalue weighted by atomic mass is 10.2. The van der Waals surface area contributed by atoms with Crippen molar-refractivity contribution in [2.24, 2.45) is 0 Å². The molecule has 1 aromatic heterocycles. The van der Waals surface area contributed by atoms with Gasteiger partial charge in [-0.15, -0.1) is 0 Å². The second-order valence-electron chi connectivity index (χ2n) is 3.12. The minimum atomic E-state index is -0.310. The molecule has 0 spiro atoms. The summed E-state index contributed by atoms with van der Waals surface area (Å²) in [6, 6.07) is 2.76. The van der Waals surface area contributed by atoms with Gasteiger partial charge in [-0.1, -0.05) is 0 Å². The minimum Gasteiger partial charge on any atom is -0.359 e. The van der Waals surface area contributed by atoms with Crippen LogP contribution in [0.4, 0.5) is 0 Å². The van der Waals surface area contributed by atoms with Gasteiger partial charge >= 0.3 is 0 Å². The van der Waals surface area contributed by atoms with Crippen molar-refractivity contribution in [3.8, 4) is 0 Å². The van der Waals surface area contributed by atoms with E-state index in [-0.39, 0.29) is 11.5 Å². The maximum Gasteiger partial charge on any atom is 0.251 e. The summed E-state index contributed by atoms with van der Waals surface area (Å²) in [4.78, 5) is 34.8. The Hall–Kier alpha value is -2.11. The van der Waals surface area contributed by atoms with Gasteiger partial charge in [0.1, 0.15) is 0 Å². The SMILES string of the molecule is O=CNCCCNC(=O)c1cc[nH]c(=O)c1. The molecular formula is C10H13N3O3. The molecule has 0 saturated heterocycles. The van der Waals surface area contributed by atoms with Crippen LogP contribution >= 0.6 is 0 Å². The van der Waals surface area contributed by atoms with E-state index in [1.165, 1.54) is 18.3 Å². The Morgan fingerprint density at radius 2 is 2.25 bits per heavy atom. The van der Waals surface area contributed by atoms with Crippen LogP contribution in [-0.2, 0) is 4.79 Å². The fourth-order valence-corrected chi connectivity index (χ4v) is 1.14. The Bertz CT molecular complexity index is 414. The number of aromatic amines is 1. The average Bonchev–Trinajstić information content (AvgIpc) is 2.28. The molecule has 6 nitrogen and oxygen atoms in total. The standard InChI is InChI=1S/C10H13N3O3/c14-7-11-3-1-4-13-10(16)8-2-5-12-9(15)6-8/h2,5-7H,1,3-4H2,(H,11,14)(H,12,15)(H,13,16). The molecule has 0 radical (unpaired) electrons. The quantitative estimate of drug-likeness (QED) is 0.437. The number of aromatic nitrogens is 1. The van der Waals surface area contributed by atoms with Gasteiger partial charge < -0.3 is 15.6 Å². The predicted octanol–water partition coefficient (Wildman–Crippen LogP) is -0.759. The van der Waals surface area contributed by atoms with Crippen LogP contribution < -0.4 is 16.2 Å². The smallest absolute Gasteiger partial charge is 0.251 e. The molecule has 0 aromatic carbocycles. The molecule has 16 heavy (non-hydrogen) atoms. The van der Waals surface area contributed by atoms with Crippen molar-refractivity contribution in [3.05, 3.63) is 34.2 Å². The molecule has 0 aliphatic heterocycles. The van der Waals surface area contributed by atoms with Gasteiger partial charge in [-0.2, -0.15) is 0 Å². The second kappa shape index (κ2) is 6.39. The van der Waals surface area contributed by atoms with E-state index in [9.17, 15) is 14.4 Å². The number of pyridine rings is 1. The van der Waals surface area contributed by atoms with Crippen molar-refractivity contribution in [2.75, 3.05) is 13.1 Å². The number of carbonyl (C=O) groups excluding carboxylic acids is 2. The summed E-state index contributed by atoms with van der Waals surface area (Å²) in [7, 11) is 0. The first-order chi connectivity index (χ1) is 7.74. The third-order valence-corrected chi connectivity index (χ3v) is 1.90. The lowest BCUT2D eigenvalue weighted by Crippen LogP contribution is -2.27. The molecule has 3 N–H and O–H groups in total. The number of hydrogen-bond acceptors (Lipinski definition) is 3. The summed E-state index contributed by atoms with van der Waals surface area (Å²) in [5.74, 6) is -0.294. The fourth-order valence-electron chi connectivity index (χ4n) is 1.14. The van der Waals surface area contributed by atoms with Gasteiger partial charge in [0, 0.05) is 30.9 Å². The van der Waals surface area contributed by atoms with E-state index in [1.54, 1.807) is 0 Å². The highest BCUT2D eigenvalue weighted by atomic mass is 16.2. The molecule has 1 heterocycles. The summed E-state index contributed by atoms with van der Waals surface area (Å²) < 4.78 is 0. The van der Waals surface area contributed by atoms with Crippen molar-refractivity contribution >= 4 is 12.3 Å². The molecule has 0 fully saturated rings. The average molecular weight is 223 g/mol. The molecule has 1 rings (SSSR count). The number of hydrogen-bond donors (Lipinski definition) is 3. The van der Waals surface area contributed by atoms with Crippen molar-refractivity contribution in [1.82, 2.24) is 15.6 Å². The highest BCUT2D eigenvalue weighted by Gasteiger charge is 2.04. The molecular weight excluding hydrogens is 210 g/mol. The van der Waals surface area contributed by atoms with Gasteiger partial charge in [0.2, 0.25) is 12.0 Å². The highest BCUT2D eigenvalue weighted by molar-refractivity contribution is 5.93. The summed E-state index contributed by atoms with van der Waals surface area (Å²) in [5, 5.41) is 5.12. The van der Waals surface area contributed by atoms with Crippen molar-refractivity contribution in [1.29, 1.82) is 0 Å². The van der Waals surface area contributed by atoms with E-state index in [0.29, 0.717) is 31.5 Å². The summed E-state index contributed by atoms with van der Waals surface area (Å²) in [5.41, 5.74) is 0.0161. The third kappa shape index (κ3) is 3.95. The van der Waals surface area contributed by atoms with Gasteiger partial charge in [-0.3, -0.25) is 14.4 Å². The van der Waals surface area contributed by atoms with E-state index < -0.39 is 0 Å². The largest absolute Gasteiger partial charge is 0.359 e. The normalized spacial score (nSPS) is 9.50. The molecule has 0 bridgehead atoms. The molecule has 0 atom stereocenters. The lowest BCUT2D eigenvalue weighted by Gasteiger charge is -2.04. The molecule has 6 heteroatoms. The Morgan fingerprint density at radius 1 is 1.44 bits per heavy atom. The van der Waals surface area contributed by atoms with Crippen LogP contribution in [0.2, 0.25) is 0 Å². The van der Waals surface area contributed by atoms with Gasteiger partial charge in [0.05, 0.1) is 0 Å². The van der Waals surface area contributed by atoms with E-state index in [4.69, 9.17) is 0 Å². The fraction of sp³-hybridized carbons (Fsp3) is 0.300. The van der Waals surface area contributed by atoms with E-state index in [2.05, 4.69) is 15.6 Å². The van der Waals surface area contributed by atoms with Gasteiger partial charge in [0.15, 0.2) is 0 Å². The molecule has 1 aromatic rings. The van der Waals surface area contributed by atoms with Crippen LogP contribution in [0.15, 0.2) is 23.1 Å². The van der Waals surface area contributed by atoms with Crippen LogP contribution in [-0.4, -0.2) is 30.4 Å². The Balaban J connectivity index is 2.35. The second-order valence-corrected chi connectivity index (χ2v) is 3.12. The predicted molar refractivity (Wildman–Crippen MR) is 58.1 cm³/mol. The van der Waals surface area contributed by atoms with E-state index >= 15 is 0 Å². The van der Waals surface area contributed by atoms with E-state index in [0.717, 1.165) is 0 Å². The van der Waals surface area contributed by atoms with Gasteiger partial charge in [-0.25, -0.2) is 0 Å². The number of rotatable bonds is 6. The van der Waals surface area contributed by atoms with Crippen molar-refractivity contribution < 1.29 is 9.59 Å². The summed E-state index contributed by atoms with van der Waals surface area (Å²) >= 11 is 0. The molecule has 0 aliphatic rings. The number of nitrogens with one attached hydrogen (secondary N) is 3. The molecule has 0 aliphatic carbocycles. The zero-order valence-corrected chi connectivity index (χ0v) is 8.66. The highest BCUT2D eigenvalue weighted by Crippen LogP contribution is 1.92. The minimum absolute atomic E-state index is 0.294. The summed E-state index contributed by atoms with van der Waals surface area (Å²) in [6.45, 7) is 0.964. The zero-order valence-electron chi connectivity index (χ0n) is 8.66. The first-order valence-electron chi connectivity index (χ1n) is 4.88. The number of H-pyrrole nitrogens is 1. The van der Waals surface area contributed by atoms with Crippen LogP contribution in [0.5, 0.6) is 0 Å². The van der Waals surface area contributed by atoms with Crippen LogP contribution in [0.3, 0.4) is 0 Å². The Labute approximate surface area is 92.1 Å². The first-order valence-corrected chi connectivity index (χ1v) is 4.88.